The number of carbonyl (C=O) groups excluding carboxylic acids is 2. The maximum Gasteiger partial charge on any atom is 0.313 e. The van der Waals surface area contributed by atoms with E-state index in [2.05, 4.69) is 0 Å². The number of aromatic hydroxyl groups is 1. The van der Waals surface area contributed by atoms with Crippen molar-refractivity contribution >= 4 is 34.4 Å². The summed E-state index contributed by atoms with van der Waals surface area (Å²) in [7, 11) is 0. The fourth-order valence-corrected chi connectivity index (χ4v) is 3.99. The Kier molecular flexibility index (Phi) is 5.28. The molecule has 1 aliphatic carbocycles. The summed E-state index contributed by atoms with van der Waals surface area (Å²) >= 11 is 5.92. The van der Waals surface area contributed by atoms with Gasteiger partial charge in [-0.05, 0) is 75.1 Å². The van der Waals surface area contributed by atoms with E-state index in [1.165, 1.54) is 16.7 Å². The molecule has 0 amide bonds. The van der Waals surface area contributed by atoms with Crippen LogP contribution < -0.4 is 0 Å². The minimum atomic E-state index is -0.864. The Labute approximate surface area is 178 Å². The SMILES string of the molecule is Cc1c(C(C)C(=O)OC2CCC2)c2c(F)c(O)ccc2n1C(=O)c1ccc(Cl)cc1. The predicted octanol–water partition coefficient (Wildman–Crippen LogP) is 5.34. The maximum absolute atomic E-state index is 15.0. The maximum atomic E-state index is 15.0. The van der Waals surface area contributed by atoms with E-state index in [1.54, 1.807) is 38.1 Å². The summed E-state index contributed by atoms with van der Waals surface area (Å²) < 4.78 is 21.9. The van der Waals surface area contributed by atoms with Crippen LogP contribution in [0.4, 0.5) is 4.39 Å². The average molecular weight is 430 g/mol. The molecule has 0 radical (unpaired) electrons. The third-order valence-corrected chi connectivity index (χ3v) is 6.00. The summed E-state index contributed by atoms with van der Waals surface area (Å²) in [5.41, 5.74) is 1.41. The van der Waals surface area contributed by atoms with Crippen LogP contribution >= 0.6 is 11.6 Å². The first-order valence-corrected chi connectivity index (χ1v) is 10.2. The monoisotopic (exact) mass is 429 g/mol. The number of ether oxygens (including phenoxy) is 1. The third-order valence-electron chi connectivity index (χ3n) is 5.75. The zero-order chi connectivity index (χ0) is 21.6. The highest BCUT2D eigenvalue weighted by atomic mass is 35.5. The minimum absolute atomic E-state index is 0.0490. The van der Waals surface area contributed by atoms with E-state index < -0.39 is 23.5 Å². The summed E-state index contributed by atoms with van der Waals surface area (Å²) in [5, 5.41) is 10.5. The molecule has 4 rings (SSSR count). The van der Waals surface area contributed by atoms with E-state index in [0.717, 1.165) is 19.3 Å². The second-order valence-corrected chi connectivity index (χ2v) is 8.09. The Balaban J connectivity index is 1.86. The molecule has 1 unspecified atom stereocenters. The topological polar surface area (TPSA) is 68.5 Å². The van der Waals surface area contributed by atoms with E-state index in [0.29, 0.717) is 21.8 Å². The highest BCUT2D eigenvalue weighted by Crippen LogP contribution is 2.38. The molecule has 5 nitrogen and oxygen atoms in total. The van der Waals surface area contributed by atoms with Gasteiger partial charge in [-0.3, -0.25) is 14.2 Å². The molecule has 1 fully saturated rings. The molecule has 1 saturated carbocycles. The fraction of sp³-hybridized carbons (Fsp3) is 0.304. The molecule has 1 N–H and O–H groups in total. The number of hydrogen-bond donors (Lipinski definition) is 1. The van der Waals surface area contributed by atoms with Gasteiger partial charge in [-0.1, -0.05) is 11.6 Å². The second kappa shape index (κ2) is 7.76. The van der Waals surface area contributed by atoms with Crippen molar-refractivity contribution in [2.45, 2.75) is 45.1 Å². The summed E-state index contributed by atoms with van der Waals surface area (Å²) in [6.45, 7) is 3.29. The molecule has 0 aliphatic heterocycles. The number of halogens is 2. The zero-order valence-electron chi connectivity index (χ0n) is 16.6. The zero-order valence-corrected chi connectivity index (χ0v) is 17.4. The van der Waals surface area contributed by atoms with Gasteiger partial charge in [0.2, 0.25) is 0 Å². The number of phenolic OH excluding ortho intramolecular Hbond substituents is 1. The van der Waals surface area contributed by atoms with Crippen molar-refractivity contribution in [3.05, 3.63) is 64.1 Å². The van der Waals surface area contributed by atoms with Crippen LogP contribution in [0.3, 0.4) is 0 Å². The Morgan fingerprint density at radius 1 is 1.20 bits per heavy atom. The van der Waals surface area contributed by atoms with Crippen LogP contribution in [-0.4, -0.2) is 27.7 Å². The van der Waals surface area contributed by atoms with Gasteiger partial charge in [0, 0.05) is 21.7 Å². The normalized spacial score (nSPS) is 15.1. The van der Waals surface area contributed by atoms with Gasteiger partial charge in [-0.25, -0.2) is 4.39 Å². The van der Waals surface area contributed by atoms with Gasteiger partial charge in [-0.2, -0.15) is 0 Å². The largest absolute Gasteiger partial charge is 0.505 e. The summed E-state index contributed by atoms with van der Waals surface area (Å²) in [5.74, 6) is -3.06. The Morgan fingerprint density at radius 2 is 1.87 bits per heavy atom. The van der Waals surface area contributed by atoms with Gasteiger partial charge in [0.25, 0.3) is 5.91 Å². The van der Waals surface area contributed by atoms with Crippen LogP contribution in [0.5, 0.6) is 5.75 Å². The molecule has 0 saturated heterocycles. The van der Waals surface area contributed by atoms with E-state index in [9.17, 15) is 19.1 Å². The number of fused-ring (bicyclic) bond motifs is 1. The first-order valence-electron chi connectivity index (χ1n) is 9.82. The number of carbonyl (C=O) groups is 2. The number of esters is 1. The van der Waals surface area contributed by atoms with Crippen molar-refractivity contribution in [3.8, 4) is 5.75 Å². The fourth-order valence-electron chi connectivity index (χ4n) is 3.87. The second-order valence-electron chi connectivity index (χ2n) is 7.65. The molecule has 1 heterocycles. The number of hydrogen-bond acceptors (Lipinski definition) is 4. The molecule has 30 heavy (non-hydrogen) atoms. The molecule has 0 bridgehead atoms. The van der Waals surface area contributed by atoms with Gasteiger partial charge < -0.3 is 9.84 Å². The molecule has 1 aliphatic rings. The van der Waals surface area contributed by atoms with Crippen LogP contribution in [0.1, 0.15) is 53.7 Å². The molecule has 3 aromatic rings. The number of aromatic nitrogens is 1. The lowest BCUT2D eigenvalue weighted by Crippen LogP contribution is -2.27. The quantitative estimate of drug-likeness (QED) is 0.569. The highest BCUT2D eigenvalue weighted by molar-refractivity contribution is 6.30. The summed E-state index contributed by atoms with van der Waals surface area (Å²) in [6, 6.07) is 9.04. The van der Waals surface area contributed by atoms with Crippen LogP contribution in [0.2, 0.25) is 5.02 Å². The van der Waals surface area contributed by atoms with Crippen LogP contribution in [0, 0.1) is 12.7 Å². The average Bonchev–Trinajstić information content (AvgIpc) is 2.99. The van der Waals surface area contributed by atoms with E-state index in [4.69, 9.17) is 16.3 Å². The molecule has 1 atom stereocenters. The lowest BCUT2D eigenvalue weighted by molar-refractivity contribution is -0.154. The first kappa shape index (κ1) is 20.4. The van der Waals surface area contributed by atoms with Gasteiger partial charge in [0.05, 0.1) is 11.4 Å². The summed E-state index contributed by atoms with van der Waals surface area (Å²) in [4.78, 5) is 26.0. The molecule has 7 heteroatoms. The van der Waals surface area contributed by atoms with Crippen molar-refractivity contribution in [1.82, 2.24) is 4.57 Å². The lowest BCUT2D eigenvalue weighted by atomic mass is 9.94. The number of phenols is 1. The number of rotatable bonds is 4. The Bertz CT molecular complexity index is 1150. The predicted molar refractivity (Wildman–Crippen MR) is 112 cm³/mol. The van der Waals surface area contributed by atoms with Crippen molar-refractivity contribution in [1.29, 1.82) is 0 Å². The van der Waals surface area contributed by atoms with E-state index >= 15 is 0 Å². The molecule has 1 aromatic heterocycles. The van der Waals surface area contributed by atoms with Crippen molar-refractivity contribution in [2.24, 2.45) is 0 Å². The molecule has 156 valence electrons. The van der Waals surface area contributed by atoms with Crippen molar-refractivity contribution < 1.29 is 23.8 Å². The van der Waals surface area contributed by atoms with Crippen LogP contribution in [0.15, 0.2) is 36.4 Å². The van der Waals surface area contributed by atoms with Crippen molar-refractivity contribution in [2.75, 3.05) is 0 Å². The summed E-state index contributed by atoms with van der Waals surface area (Å²) in [6.07, 6.45) is 2.55. The van der Waals surface area contributed by atoms with Gasteiger partial charge in [0.1, 0.15) is 6.10 Å². The highest BCUT2D eigenvalue weighted by Gasteiger charge is 2.32. The third kappa shape index (κ3) is 3.35. The lowest BCUT2D eigenvalue weighted by Gasteiger charge is -2.26. The number of nitrogens with zero attached hydrogens (tertiary/aromatic N) is 1. The first-order chi connectivity index (χ1) is 14.3. The van der Waals surface area contributed by atoms with E-state index in [1.807, 2.05) is 0 Å². The molecule has 2 aromatic carbocycles. The van der Waals surface area contributed by atoms with Crippen LogP contribution in [0.25, 0.3) is 10.9 Å². The Hall–Kier alpha value is -2.86. The molecular weight excluding hydrogens is 409 g/mol. The molecule has 0 spiro atoms. The standard InChI is InChI=1S/C23H21ClFNO4/c1-12(23(29)30-16-4-3-5-16)19-13(2)26(17-10-11-18(27)21(25)20(17)19)22(28)14-6-8-15(24)9-7-14/h6-12,16,27H,3-5H2,1-2H3. The van der Waals surface area contributed by atoms with Crippen LogP contribution in [-0.2, 0) is 9.53 Å². The van der Waals surface area contributed by atoms with Gasteiger partial charge in [-0.15, -0.1) is 0 Å². The molecular formula is C23H21ClFNO4. The Morgan fingerprint density at radius 3 is 2.47 bits per heavy atom. The van der Waals surface area contributed by atoms with Gasteiger partial charge >= 0.3 is 5.97 Å². The minimum Gasteiger partial charge on any atom is -0.505 e. The number of benzene rings is 2. The van der Waals surface area contributed by atoms with Crippen molar-refractivity contribution in [3.63, 3.8) is 0 Å². The van der Waals surface area contributed by atoms with Gasteiger partial charge in [0.15, 0.2) is 11.6 Å². The van der Waals surface area contributed by atoms with E-state index in [-0.39, 0.29) is 22.9 Å². The smallest absolute Gasteiger partial charge is 0.313 e.